The highest BCUT2D eigenvalue weighted by molar-refractivity contribution is 7.18. The van der Waals surface area contributed by atoms with Crippen LogP contribution >= 0.6 is 11.3 Å². The lowest BCUT2D eigenvalue weighted by atomic mass is 10.1. The number of benzene rings is 2. The lowest BCUT2D eigenvalue weighted by Crippen LogP contribution is -2.30. The fourth-order valence-electron chi connectivity index (χ4n) is 2.81. The molecule has 8 heteroatoms. The van der Waals surface area contributed by atoms with Crippen molar-refractivity contribution in [3.63, 3.8) is 0 Å². The van der Waals surface area contributed by atoms with Crippen LogP contribution in [-0.2, 0) is 17.9 Å². The van der Waals surface area contributed by atoms with Gasteiger partial charge in [0.2, 0.25) is 5.91 Å². The number of hydrogen-bond donors (Lipinski definition) is 2. The second-order valence-electron chi connectivity index (χ2n) is 6.09. The summed E-state index contributed by atoms with van der Waals surface area (Å²) < 4.78 is 1.09. The number of rotatable bonds is 5. The summed E-state index contributed by atoms with van der Waals surface area (Å²) in [6.07, 6.45) is 0. The Morgan fingerprint density at radius 1 is 1.15 bits per heavy atom. The highest BCUT2D eigenvalue weighted by Gasteiger charge is 2.28. The molecule has 4 amide bonds. The largest absolute Gasteiger partial charge is 0.346 e. The van der Waals surface area contributed by atoms with E-state index < -0.39 is 6.03 Å². The van der Waals surface area contributed by atoms with Crippen LogP contribution in [0.25, 0.3) is 10.2 Å². The van der Waals surface area contributed by atoms with Gasteiger partial charge in [0.15, 0.2) is 0 Å². The van der Waals surface area contributed by atoms with Crippen molar-refractivity contribution >= 4 is 39.4 Å². The van der Waals surface area contributed by atoms with Crippen LogP contribution in [0.15, 0.2) is 48.5 Å². The molecule has 1 fully saturated rings. The van der Waals surface area contributed by atoms with Gasteiger partial charge in [-0.15, -0.1) is 11.3 Å². The van der Waals surface area contributed by atoms with Crippen molar-refractivity contribution in [3.8, 4) is 0 Å². The molecule has 0 spiro atoms. The molecular formula is C19H16N4O3S. The number of aromatic nitrogens is 1. The Kier molecular flexibility index (Phi) is 4.55. The van der Waals surface area contributed by atoms with Gasteiger partial charge in [-0.3, -0.25) is 14.5 Å². The highest BCUT2D eigenvalue weighted by atomic mass is 32.1. The van der Waals surface area contributed by atoms with Crippen molar-refractivity contribution < 1.29 is 14.4 Å². The van der Waals surface area contributed by atoms with Gasteiger partial charge in [0.25, 0.3) is 5.91 Å². The average molecular weight is 380 g/mol. The number of thiazole rings is 1. The summed E-state index contributed by atoms with van der Waals surface area (Å²) in [5.74, 6) is -0.451. The summed E-state index contributed by atoms with van der Waals surface area (Å²) in [4.78, 5) is 41.2. The van der Waals surface area contributed by atoms with E-state index in [4.69, 9.17) is 0 Å². The van der Waals surface area contributed by atoms with Gasteiger partial charge in [0.1, 0.15) is 5.01 Å². The maximum atomic E-state index is 12.3. The molecule has 3 aromatic rings. The molecule has 2 N–H and O–H groups in total. The van der Waals surface area contributed by atoms with Crippen LogP contribution in [-0.4, -0.2) is 34.3 Å². The van der Waals surface area contributed by atoms with E-state index in [-0.39, 0.29) is 24.9 Å². The Morgan fingerprint density at radius 2 is 1.93 bits per heavy atom. The maximum Gasteiger partial charge on any atom is 0.324 e. The molecule has 1 saturated heterocycles. The predicted molar refractivity (Wildman–Crippen MR) is 101 cm³/mol. The van der Waals surface area contributed by atoms with Gasteiger partial charge in [-0.05, 0) is 29.8 Å². The normalized spacial score (nSPS) is 13.9. The second kappa shape index (κ2) is 7.16. The van der Waals surface area contributed by atoms with Crippen molar-refractivity contribution in [1.29, 1.82) is 0 Å². The molecule has 4 rings (SSSR count). The van der Waals surface area contributed by atoms with Crippen LogP contribution < -0.4 is 10.6 Å². The molecule has 0 aliphatic carbocycles. The molecule has 0 saturated carbocycles. The monoisotopic (exact) mass is 380 g/mol. The van der Waals surface area contributed by atoms with Gasteiger partial charge < -0.3 is 10.6 Å². The Balaban J connectivity index is 1.37. The van der Waals surface area contributed by atoms with E-state index in [1.165, 1.54) is 0 Å². The number of imide groups is 1. The molecule has 7 nitrogen and oxygen atoms in total. The topological polar surface area (TPSA) is 91.4 Å². The third kappa shape index (κ3) is 3.65. The fraction of sp³-hybridized carbons (Fsp3) is 0.158. The summed E-state index contributed by atoms with van der Waals surface area (Å²) in [5, 5.41) is 6.19. The first-order valence-corrected chi connectivity index (χ1v) is 9.21. The number of fused-ring (bicyclic) bond motifs is 1. The van der Waals surface area contributed by atoms with Gasteiger partial charge in [0, 0.05) is 5.56 Å². The van der Waals surface area contributed by atoms with Crippen molar-refractivity contribution in [3.05, 3.63) is 64.7 Å². The van der Waals surface area contributed by atoms with Crippen molar-refractivity contribution in [2.45, 2.75) is 13.1 Å². The number of urea groups is 1. The van der Waals surface area contributed by atoms with Crippen molar-refractivity contribution in [2.75, 3.05) is 6.54 Å². The van der Waals surface area contributed by atoms with Crippen molar-refractivity contribution in [2.24, 2.45) is 0 Å². The van der Waals surface area contributed by atoms with E-state index in [9.17, 15) is 14.4 Å². The fourth-order valence-corrected chi connectivity index (χ4v) is 3.72. The first kappa shape index (κ1) is 17.2. The molecule has 0 bridgehead atoms. The van der Waals surface area contributed by atoms with Crippen LogP contribution in [0.2, 0.25) is 0 Å². The summed E-state index contributed by atoms with van der Waals surface area (Å²) in [6, 6.07) is 14.3. The molecule has 0 unspecified atom stereocenters. The van der Waals surface area contributed by atoms with Gasteiger partial charge in [0.05, 0.1) is 29.9 Å². The van der Waals surface area contributed by atoms with Gasteiger partial charge >= 0.3 is 6.03 Å². The number of nitrogens with zero attached hydrogens (tertiary/aromatic N) is 2. The molecule has 1 aromatic heterocycles. The van der Waals surface area contributed by atoms with E-state index in [0.717, 1.165) is 25.7 Å². The molecule has 1 aliphatic rings. The summed E-state index contributed by atoms with van der Waals surface area (Å²) in [5.41, 5.74) is 2.22. The molecule has 1 aliphatic heterocycles. The van der Waals surface area contributed by atoms with E-state index in [0.29, 0.717) is 12.1 Å². The molecule has 2 aromatic carbocycles. The number of carbonyl (C=O) groups excluding carboxylic acids is 3. The molecule has 2 heterocycles. The third-order valence-electron chi connectivity index (χ3n) is 4.23. The smallest absolute Gasteiger partial charge is 0.324 e. The van der Waals surface area contributed by atoms with E-state index in [1.807, 2.05) is 24.3 Å². The zero-order valence-corrected chi connectivity index (χ0v) is 15.1. The van der Waals surface area contributed by atoms with Crippen LogP contribution in [0.5, 0.6) is 0 Å². The highest BCUT2D eigenvalue weighted by Crippen LogP contribution is 2.21. The van der Waals surface area contributed by atoms with Crippen LogP contribution in [0.1, 0.15) is 20.9 Å². The van der Waals surface area contributed by atoms with E-state index in [2.05, 4.69) is 15.6 Å². The van der Waals surface area contributed by atoms with Crippen LogP contribution in [0, 0.1) is 0 Å². The zero-order valence-electron chi connectivity index (χ0n) is 14.3. The standard InChI is InChI=1S/C19H16N4O3S/c24-17-10-21-19(26)23(17)11-12-5-7-13(8-6-12)18(25)20-9-16-22-14-3-1-2-4-15(14)27-16/h1-8H,9-11H2,(H,20,25)(H,21,26). The number of carbonyl (C=O) groups is 3. The lowest BCUT2D eigenvalue weighted by molar-refractivity contribution is -0.125. The molecule has 27 heavy (non-hydrogen) atoms. The van der Waals surface area contributed by atoms with Gasteiger partial charge in [-0.2, -0.15) is 0 Å². The second-order valence-corrected chi connectivity index (χ2v) is 7.21. The molecule has 0 radical (unpaired) electrons. The summed E-state index contributed by atoms with van der Waals surface area (Å²) in [6.45, 7) is 0.589. The summed E-state index contributed by atoms with van der Waals surface area (Å²) in [7, 11) is 0. The zero-order chi connectivity index (χ0) is 18.8. The Labute approximate surface area is 159 Å². The molecular weight excluding hydrogens is 364 g/mol. The molecule has 136 valence electrons. The van der Waals surface area contributed by atoms with E-state index >= 15 is 0 Å². The number of amides is 4. The van der Waals surface area contributed by atoms with Gasteiger partial charge in [-0.25, -0.2) is 9.78 Å². The first-order valence-electron chi connectivity index (χ1n) is 8.40. The van der Waals surface area contributed by atoms with Gasteiger partial charge in [-0.1, -0.05) is 24.3 Å². The number of para-hydroxylation sites is 1. The van der Waals surface area contributed by atoms with Crippen molar-refractivity contribution in [1.82, 2.24) is 20.5 Å². The summed E-state index contributed by atoms with van der Waals surface area (Å²) >= 11 is 1.55. The third-order valence-corrected chi connectivity index (χ3v) is 5.27. The predicted octanol–water partition coefficient (Wildman–Crippen LogP) is 2.28. The SMILES string of the molecule is O=C(NCc1nc2ccccc2s1)c1ccc(CN2C(=O)CNC2=O)cc1. The minimum Gasteiger partial charge on any atom is -0.346 e. The minimum absolute atomic E-state index is 0.0328. The quantitative estimate of drug-likeness (QED) is 0.665. The lowest BCUT2D eigenvalue weighted by Gasteiger charge is -2.12. The average Bonchev–Trinajstić information content (AvgIpc) is 3.24. The van der Waals surface area contributed by atoms with Crippen LogP contribution in [0.4, 0.5) is 4.79 Å². The number of nitrogens with one attached hydrogen (secondary N) is 2. The Morgan fingerprint density at radius 3 is 2.63 bits per heavy atom. The first-order chi connectivity index (χ1) is 13.1. The molecule has 0 atom stereocenters. The Bertz CT molecular complexity index is 980. The maximum absolute atomic E-state index is 12.3. The minimum atomic E-state index is -0.391. The van der Waals surface area contributed by atoms with Crippen LogP contribution in [0.3, 0.4) is 0 Å². The van der Waals surface area contributed by atoms with E-state index in [1.54, 1.807) is 35.6 Å². The Hall–Kier alpha value is -3.26. The number of hydrogen-bond acceptors (Lipinski definition) is 5.